The number of aromatic carboxylic acids is 1. The van der Waals surface area contributed by atoms with Gasteiger partial charge in [-0.1, -0.05) is 36.4 Å². The molecule has 0 aliphatic carbocycles. The number of hydrogen-bond acceptors (Lipinski definition) is 3. The maximum absolute atomic E-state index is 11.4. The number of hydrogen-bond donors (Lipinski definition) is 2. The zero-order chi connectivity index (χ0) is 17.4. The van der Waals surface area contributed by atoms with Gasteiger partial charge in [0.05, 0.1) is 11.6 Å². The molecule has 0 radical (unpaired) electrons. The van der Waals surface area contributed by atoms with Crippen molar-refractivity contribution in [1.29, 1.82) is 0 Å². The summed E-state index contributed by atoms with van der Waals surface area (Å²) in [7, 11) is 0. The molecule has 2 atom stereocenters. The Balaban J connectivity index is 1.62. The van der Waals surface area contributed by atoms with Crippen LogP contribution < -0.4 is 5.32 Å². The number of nitrogens with one attached hydrogen (secondary N) is 1. The second-order valence-corrected chi connectivity index (χ2v) is 6.81. The minimum atomic E-state index is -0.874. The van der Waals surface area contributed by atoms with E-state index in [4.69, 9.17) is 0 Å². The van der Waals surface area contributed by atoms with Gasteiger partial charge in [0.2, 0.25) is 0 Å². The molecule has 0 amide bonds. The third-order valence-electron chi connectivity index (χ3n) is 5.24. The van der Waals surface area contributed by atoms with E-state index in [1.165, 1.54) is 11.1 Å². The second-order valence-electron chi connectivity index (χ2n) is 6.81. The number of benzene rings is 2. The topological polar surface area (TPSA) is 52.6 Å². The number of rotatable bonds is 4. The Morgan fingerprint density at radius 1 is 1.24 bits per heavy atom. The lowest BCUT2D eigenvalue weighted by molar-refractivity contribution is 0.0696. The van der Waals surface area contributed by atoms with Crippen molar-refractivity contribution in [2.75, 3.05) is 18.4 Å². The molecule has 128 valence electrons. The first-order valence-electron chi connectivity index (χ1n) is 8.75. The quantitative estimate of drug-likeness (QED) is 0.837. The van der Waals surface area contributed by atoms with Crippen molar-refractivity contribution in [1.82, 2.24) is 4.90 Å². The van der Waals surface area contributed by atoms with Gasteiger partial charge >= 0.3 is 5.97 Å². The molecule has 2 aromatic carbocycles. The highest BCUT2D eigenvalue weighted by atomic mass is 16.4. The number of nitrogens with zero attached hydrogens (tertiary/aromatic N) is 1. The molecule has 0 aromatic heterocycles. The summed E-state index contributed by atoms with van der Waals surface area (Å²) in [6.07, 6.45) is 3.29. The van der Waals surface area contributed by atoms with Crippen molar-refractivity contribution in [3.63, 3.8) is 0 Å². The predicted octanol–water partition coefficient (Wildman–Crippen LogP) is 3.72. The zero-order valence-electron chi connectivity index (χ0n) is 14.3. The Morgan fingerprint density at radius 3 is 2.80 bits per heavy atom. The van der Waals surface area contributed by atoms with Crippen molar-refractivity contribution in [2.45, 2.75) is 25.4 Å². The highest BCUT2D eigenvalue weighted by molar-refractivity contribution is 5.89. The van der Waals surface area contributed by atoms with Crippen molar-refractivity contribution >= 4 is 11.7 Å². The van der Waals surface area contributed by atoms with Crippen LogP contribution in [-0.2, 0) is 6.42 Å². The van der Waals surface area contributed by atoms with Crippen LogP contribution >= 0.6 is 0 Å². The van der Waals surface area contributed by atoms with E-state index < -0.39 is 5.97 Å². The van der Waals surface area contributed by atoms with Gasteiger partial charge in [-0.3, -0.25) is 4.90 Å². The Bertz CT molecular complexity index is 829. The van der Waals surface area contributed by atoms with Crippen LogP contribution in [0.15, 0.2) is 60.2 Å². The van der Waals surface area contributed by atoms with E-state index in [0.29, 0.717) is 5.56 Å². The molecule has 2 unspecified atom stereocenters. The molecule has 2 aliphatic heterocycles. The van der Waals surface area contributed by atoms with Crippen molar-refractivity contribution in [3.8, 4) is 0 Å². The maximum atomic E-state index is 11.4. The van der Waals surface area contributed by atoms with Crippen LogP contribution in [0.1, 0.15) is 34.5 Å². The number of carboxylic acids is 1. The lowest BCUT2D eigenvalue weighted by atomic mass is 9.88. The van der Waals surface area contributed by atoms with E-state index in [-0.39, 0.29) is 12.1 Å². The summed E-state index contributed by atoms with van der Waals surface area (Å²) >= 11 is 0. The minimum Gasteiger partial charge on any atom is -0.478 e. The van der Waals surface area contributed by atoms with Gasteiger partial charge in [0, 0.05) is 24.8 Å². The lowest BCUT2D eigenvalue weighted by Gasteiger charge is -2.36. The first kappa shape index (κ1) is 15.9. The molecule has 0 saturated heterocycles. The van der Waals surface area contributed by atoms with E-state index in [1.807, 2.05) is 18.2 Å². The molecule has 2 N–H and O–H groups in total. The summed E-state index contributed by atoms with van der Waals surface area (Å²) in [6, 6.07) is 16.4. The number of anilines is 1. The van der Waals surface area contributed by atoms with Gasteiger partial charge in [-0.2, -0.15) is 0 Å². The van der Waals surface area contributed by atoms with Crippen LogP contribution in [0, 0.1) is 0 Å². The molecule has 0 saturated carbocycles. The van der Waals surface area contributed by atoms with Crippen molar-refractivity contribution in [2.24, 2.45) is 0 Å². The predicted molar refractivity (Wildman–Crippen MR) is 99.0 cm³/mol. The average Bonchev–Trinajstić information content (AvgIpc) is 3.05. The normalized spacial score (nSPS) is 21.9. The molecule has 4 rings (SSSR count). The molecule has 0 spiro atoms. The molecular weight excluding hydrogens is 312 g/mol. The highest BCUT2D eigenvalue weighted by Crippen LogP contribution is 2.43. The fourth-order valence-corrected chi connectivity index (χ4v) is 3.95. The van der Waals surface area contributed by atoms with Crippen LogP contribution in [0.25, 0.3) is 0 Å². The Labute approximate surface area is 147 Å². The minimum absolute atomic E-state index is 0.175. The Hall–Kier alpha value is -2.59. The van der Waals surface area contributed by atoms with Gasteiger partial charge in [0.15, 0.2) is 0 Å². The van der Waals surface area contributed by atoms with Crippen LogP contribution in [0.4, 0.5) is 5.69 Å². The SMILES string of the molecule is CC1Nc2ccc(C(=O)O)cc2C2C1=CCN2CCc1ccccc1. The van der Waals surface area contributed by atoms with Crippen LogP contribution in [0.5, 0.6) is 0 Å². The zero-order valence-corrected chi connectivity index (χ0v) is 14.3. The van der Waals surface area contributed by atoms with Crippen molar-refractivity contribution in [3.05, 3.63) is 76.9 Å². The summed E-state index contributed by atoms with van der Waals surface area (Å²) in [6.45, 7) is 4.04. The molecule has 4 heteroatoms. The Kier molecular flexibility index (Phi) is 4.06. The molecule has 0 bridgehead atoms. The monoisotopic (exact) mass is 334 g/mol. The Morgan fingerprint density at radius 2 is 2.04 bits per heavy atom. The van der Waals surface area contributed by atoms with Crippen molar-refractivity contribution < 1.29 is 9.90 Å². The fraction of sp³-hybridized carbons (Fsp3) is 0.286. The van der Waals surface area contributed by atoms with Gasteiger partial charge in [0.1, 0.15) is 0 Å². The molecule has 4 nitrogen and oxygen atoms in total. The van der Waals surface area contributed by atoms with Gasteiger partial charge in [-0.15, -0.1) is 0 Å². The summed E-state index contributed by atoms with van der Waals surface area (Å²) in [5.74, 6) is -0.874. The first-order chi connectivity index (χ1) is 12.1. The smallest absolute Gasteiger partial charge is 0.335 e. The molecule has 2 heterocycles. The third kappa shape index (κ3) is 2.94. The average molecular weight is 334 g/mol. The van der Waals surface area contributed by atoms with E-state index >= 15 is 0 Å². The number of fused-ring (bicyclic) bond motifs is 3. The standard InChI is InChI=1S/C21H22N2O2/c1-14-17-10-12-23(11-9-15-5-3-2-4-6-15)20(17)18-13-16(21(24)25)7-8-19(18)22-14/h2-8,10,13-14,20,22H,9,11-12H2,1H3,(H,24,25). The summed E-state index contributed by atoms with van der Waals surface area (Å²) < 4.78 is 0. The molecule has 2 aromatic rings. The van der Waals surface area contributed by atoms with E-state index in [9.17, 15) is 9.90 Å². The van der Waals surface area contributed by atoms with E-state index in [1.54, 1.807) is 6.07 Å². The third-order valence-corrected chi connectivity index (χ3v) is 5.24. The maximum Gasteiger partial charge on any atom is 0.335 e. The number of carboxylic acid groups (broad SMARTS) is 1. The lowest BCUT2D eigenvalue weighted by Crippen LogP contribution is -2.35. The molecule has 0 fully saturated rings. The van der Waals surface area contributed by atoms with Gasteiger partial charge in [0.25, 0.3) is 0 Å². The second kappa shape index (κ2) is 6.37. The summed E-state index contributed by atoms with van der Waals surface area (Å²) in [5, 5.41) is 12.9. The van der Waals surface area contributed by atoms with Gasteiger partial charge in [-0.25, -0.2) is 4.79 Å². The van der Waals surface area contributed by atoms with Crippen LogP contribution in [0.2, 0.25) is 0 Å². The fourth-order valence-electron chi connectivity index (χ4n) is 3.95. The number of carbonyl (C=O) groups is 1. The van der Waals surface area contributed by atoms with Crippen LogP contribution in [0.3, 0.4) is 0 Å². The molecule has 2 aliphatic rings. The van der Waals surface area contributed by atoms with Gasteiger partial charge in [-0.05, 0) is 48.2 Å². The molecule has 25 heavy (non-hydrogen) atoms. The van der Waals surface area contributed by atoms with E-state index in [2.05, 4.69) is 47.5 Å². The van der Waals surface area contributed by atoms with Gasteiger partial charge < -0.3 is 10.4 Å². The highest BCUT2D eigenvalue weighted by Gasteiger charge is 2.36. The summed E-state index contributed by atoms with van der Waals surface area (Å²) in [5.41, 5.74) is 5.16. The van der Waals surface area contributed by atoms with Crippen LogP contribution in [-0.4, -0.2) is 35.1 Å². The summed E-state index contributed by atoms with van der Waals surface area (Å²) in [4.78, 5) is 13.8. The first-order valence-corrected chi connectivity index (χ1v) is 8.75. The largest absolute Gasteiger partial charge is 0.478 e. The molecular formula is C21H22N2O2. The van der Waals surface area contributed by atoms with E-state index in [0.717, 1.165) is 30.8 Å².